The van der Waals surface area contributed by atoms with Crippen molar-refractivity contribution in [1.82, 2.24) is 0 Å². The van der Waals surface area contributed by atoms with Gasteiger partial charge in [0.25, 0.3) is 0 Å². The summed E-state index contributed by atoms with van der Waals surface area (Å²) in [5.74, 6) is 0.538. The molecule has 0 aliphatic heterocycles. The lowest BCUT2D eigenvalue weighted by atomic mass is 9.70. The lowest BCUT2D eigenvalue weighted by molar-refractivity contribution is -0.0584. The van der Waals surface area contributed by atoms with E-state index in [9.17, 15) is 9.90 Å². The van der Waals surface area contributed by atoms with Crippen LogP contribution in [0.15, 0.2) is 24.3 Å². The fourth-order valence-electron chi connectivity index (χ4n) is 4.32. The largest absolute Gasteiger partial charge is 0.508 e. The van der Waals surface area contributed by atoms with Crippen molar-refractivity contribution in [1.29, 1.82) is 0 Å². The Morgan fingerprint density at radius 3 is 2.45 bits per heavy atom. The average Bonchev–Trinajstić information content (AvgIpc) is 2.86. The molecule has 3 atom stereocenters. The highest BCUT2D eigenvalue weighted by Gasteiger charge is 2.61. The summed E-state index contributed by atoms with van der Waals surface area (Å²) in [4.78, 5) is 12.3. The molecule has 0 saturated heterocycles. The highest BCUT2D eigenvalue weighted by molar-refractivity contribution is 5.89. The fraction of sp³-hybridized carbons (Fsp3) is 0.588. The van der Waals surface area contributed by atoms with Gasteiger partial charge in [-0.25, -0.2) is 4.79 Å². The second kappa shape index (κ2) is 4.24. The van der Waals surface area contributed by atoms with Gasteiger partial charge in [0.15, 0.2) is 0 Å². The molecule has 1 N–H and O–H groups in total. The number of rotatable bonds is 2. The number of hydrogen-bond donors (Lipinski definition) is 1. The van der Waals surface area contributed by atoms with Crippen LogP contribution < -0.4 is 0 Å². The maximum Gasteiger partial charge on any atom is 0.338 e. The molecule has 0 spiro atoms. The summed E-state index contributed by atoms with van der Waals surface area (Å²) in [6.45, 7) is 6.68. The molecule has 2 bridgehead atoms. The first-order valence-corrected chi connectivity index (χ1v) is 7.33. The third kappa shape index (κ3) is 1.91. The van der Waals surface area contributed by atoms with E-state index in [1.807, 2.05) is 0 Å². The van der Waals surface area contributed by atoms with Gasteiger partial charge in [0.2, 0.25) is 0 Å². The van der Waals surface area contributed by atoms with Gasteiger partial charge < -0.3 is 9.84 Å². The molecule has 3 heteroatoms. The number of aromatic hydroxyl groups is 1. The first-order chi connectivity index (χ1) is 9.33. The summed E-state index contributed by atoms with van der Waals surface area (Å²) in [6, 6.07) is 6.26. The van der Waals surface area contributed by atoms with Crippen LogP contribution in [0.1, 0.15) is 50.4 Å². The van der Waals surface area contributed by atoms with Gasteiger partial charge in [0.05, 0.1) is 5.56 Å². The fourth-order valence-corrected chi connectivity index (χ4v) is 4.32. The van der Waals surface area contributed by atoms with Crippen LogP contribution in [0.4, 0.5) is 0 Å². The molecular weight excluding hydrogens is 252 g/mol. The lowest BCUT2D eigenvalue weighted by Gasteiger charge is -2.41. The van der Waals surface area contributed by atoms with Gasteiger partial charge in [-0.2, -0.15) is 0 Å². The first kappa shape index (κ1) is 13.5. The van der Waals surface area contributed by atoms with Gasteiger partial charge in [-0.1, -0.05) is 20.8 Å². The Bertz CT molecular complexity index is 527. The molecule has 3 nitrogen and oxygen atoms in total. The van der Waals surface area contributed by atoms with Gasteiger partial charge in [-0.05, 0) is 49.4 Å². The van der Waals surface area contributed by atoms with E-state index >= 15 is 0 Å². The minimum absolute atomic E-state index is 0.0185. The molecule has 2 saturated carbocycles. The summed E-state index contributed by atoms with van der Waals surface area (Å²) in [5.41, 5.74) is 0.685. The second-order valence-corrected chi connectivity index (χ2v) is 7.25. The van der Waals surface area contributed by atoms with Crippen LogP contribution in [-0.4, -0.2) is 17.2 Å². The van der Waals surface area contributed by atoms with E-state index in [1.165, 1.54) is 18.6 Å². The summed E-state index contributed by atoms with van der Waals surface area (Å²) < 4.78 is 5.87. The molecule has 108 valence electrons. The average molecular weight is 274 g/mol. The molecule has 2 aliphatic rings. The Labute approximate surface area is 120 Å². The number of phenolic OH excluding ortho intramolecular Hbond substituents is 1. The summed E-state index contributed by atoms with van der Waals surface area (Å²) in [7, 11) is 0. The summed E-state index contributed by atoms with van der Waals surface area (Å²) in [5, 5.41) is 9.28. The summed E-state index contributed by atoms with van der Waals surface area (Å²) >= 11 is 0. The highest BCUT2D eigenvalue weighted by atomic mass is 16.5. The van der Waals surface area contributed by atoms with Crippen LogP contribution >= 0.6 is 0 Å². The van der Waals surface area contributed by atoms with Crippen molar-refractivity contribution in [2.75, 3.05) is 0 Å². The maximum atomic E-state index is 12.3. The van der Waals surface area contributed by atoms with E-state index in [4.69, 9.17) is 4.74 Å². The van der Waals surface area contributed by atoms with Crippen LogP contribution in [0.5, 0.6) is 5.75 Å². The number of phenols is 1. The topological polar surface area (TPSA) is 46.5 Å². The molecule has 1 aromatic rings. The van der Waals surface area contributed by atoms with E-state index in [0.717, 1.165) is 12.8 Å². The van der Waals surface area contributed by atoms with Crippen molar-refractivity contribution >= 4 is 5.97 Å². The number of esters is 1. The number of benzene rings is 1. The Hall–Kier alpha value is -1.51. The van der Waals surface area contributed by atoms with Gasteiger partial charge in [0, 0.05) is 10.8 Å². The molecule has 0 amide bonds. The van der Waals surface area contributed by atoms with Crippen LogP contribution in [0, 0.1) is 16.7 Å². The maximum absolute atomic E-state index is 12.3. The molecule has 0 radical (unpaired) electrons. The third-order valence-corrected chi connectivity index (χ3v) is 5.47. The van der Waals surface area contributed by atoms with E-state index in [-0.39, 0.29) is 28.7 Å². The zero-order valence-corrected chi connectivity index (χ0v) is 12.3. The molecule has 3 rings (SSSR count). The Morgan fingerprint density at radius 1 is 1.25 bits per heavy atom. The standard InChI is InChI=1S/C17H22O3/c1-16(2)12-8-9-17(3,10-12)15(16)20-14(19)11-4-6-13(18)7-5-11/h4-7,12,15,18H,8-10H2,1-3H3/t12?,15-,17+/m1/s1. The van der Waals surface area contributed by atoms with E-state index in [2.05, 4.69) is 20.8 Å². The van der Waals surface area contributed by atoms with Crippen molar-refractivity contribution in [3.63, 3.8) is 0 Å². The lowest BCUT2D eigenvalue weighted by Crippen LogP contribution is -2.43. The number of carbonyl (C=O) groups is 1. The van der Waals surface area contributed by atoms with Crippen molar-refractivity contribution < 1.29 is 14.6 Å². The Kier molecular flexibility index (Phi) is 2.86. The van der Waals surface area contributed by atoms with E-state index < -0.39 is 0 Å². The molecule has 1 aromatic carbocycles. The highest BCUT2D eigenvalue weighted by Crippen LogP contribution is 2.63. The molecule has 2 fully saturated rings. The van der Waals surface area contributed by atoms with Crippen molar-refractivity contribution in [2.24, 2.45) is 16.7 Å². The van der Waals surface area contributed by atoms with Crippen molar-refractivity contribution in [3.05, 3.63) is 29.8 Å². The predicted molar refractivity (Wildman–Crippen MR) is 76.5 cm³/mol. The van der Waals surface area contributed by atoms with Gasteiger partial charge in [-0.3, -0.25) is 0 Å². The zero-order valence-electron chi connectivity index (χ0n) is 12.3. The smallest absolute Gasteiger partial charge is 0.338 e. The third-order valence-electron chi connectivity index (χ3n) is 5.47. The second-order valence-electron chi connectivity index (χ2n) is 7.25. The monoisotopic (exact) mass is 274 g/mol. The quantitative estimate of drug-likeness (QED) is 0.835. The molecular formula is C17H22O3. The van der Waals surface area contributed by atoms with Crippen LogP contribution in [0.2, 0.25) is 0 Å². The number of carbonyl (C=O) groups excluding carboxylic acids is 1. The number of hydrogen-bond acceptors (Lipinski definition) is 3. The van der Waals surface area contributed by atoms with Crippen molar-refractivity contribution in [3.8, 4) is 5.75 Å². The molecule has 20 heavy (non-hydrogen) atoms. The van der Waals surface area contributed by atoms with Gasteiger partial charge >= 0.3 is 5.97 Å². The van der Waals surface area contributed by atoms with Gasteiger partial charge in [0.1, 0.15) is 11.9 Å². The Balaban J connectivity index is 1.80. The van der Waals surface area contributed by atoms with Crippen molar-refractivity contribution in [2.45, 2.75) is 46.1 Å². The van der Waals surface area contributed by atoms with E-state index in [0.29, 0.717) is 11.5 Å². The van der Waals surface area contributed by atoms with Crippen LogP contribution in [-0.2, 0) is 4.74 Å². The molecule has 0 heterocycles. The zero-order chi connectivity index (χ0) is 14.5. The minimum Gasteiger partial charge on any atom is -0.508 e. The SMILES string of the molecule is CC1(C)C2CC[C@@](C)(C2)[C@@H]1OC(=O)c1ccc(O)cc1. The number of ether oxygens (including phenoxy) is 1. The van der Waals surface area contributed by atoms with E-state index in [1.54, 1.807) is 12.1 Å². The predicted octanol–water partition coefficient (Wildman–Crippen LogP) is 3.76. The normalized spacial score (nSPS) is 34.1. The first-order valence-electron chi connectivity index (χ1n) is 7.33. The number of fused-ring (bicyclic) bond motifs is 2. The Morgan fingerprint density at radius 2 is 1.90 bits per heavy atom. The van der Waals surface area contributed by atoms with Crippen LogP contribution in [0.3, 0.4) is 0 Å². The van der Waals surface area contributed by atoms with Gasteiger partial charge in [-0.15, -0.1) is 0 Å². The summed E-state index contributed by atoms with van der Waals surface area (Å²) in [6.07, 6.45) is 3.54. The molecule has 0 aromatic heterocycles. The molecule has 1 unspecified atom stereocenters. The molecule has 2 aliphatic carbocycles. The van der Waals surface area contributed by atoms with Crippen LogP contribution in [0.25, 0.3) is 0 Å². The minimum atomic E-state index is -0.281.